The molecule has 1 N–H and O–H groups in total. The average Bonchev–Trinajstić information content (AvgIpc) is 3.43. The molecule has 4 rings (SSSR count). The number of nitrogens with one attached hydrogen (secondary N) is 1. The van der Waals surface area contributed by atoms with Gasteiger partial charge in [0.05, 0.1) is 23.8 Å². The van der Waals surface area contributed by atoms with E-state index in [1.165, 1.54) is 6.33 Å². The molecule has 0 aliphatic rings. The molecule has 0 radical (unpaired) electrons. The van der Waals surface area contributed by atoms with E-state index in [0.717, 1.165) is 27.5 Å². The summed E-state index contributed by atoms with van der Waals surface area (Å²) < 4.78 is 1.69. The van der Waals surface area contributed by atoms with Gasteiger partial charge in [0.1, 0.15) is 17.7 Å². The number of thiophene rings is 1. The lowest BCUT2D eigenvalue weighted by Gasteiger charge is -2.14. The summed E-state index contributed by atoms with van der Waals surface area (Å²) >= 11 is 3.21. The number of thiazole rings is 1. The Kier molecular flexibility index (Phi) is 5.08. The molecular weight excluding hydrogens is 378 g/mol. The first-order valence-electron chi connectivity index (χ1n) is 8.40. The fourth-order valence-corrected chi connectivity index (χ4v) is 4.24. The summed E-state index contributed by atoms with van der Waals surface area (Å²) in [4.78, 5) is 20.9. The normalized spacial score (nSPS) is 12.0. The van der Waals surface area contributed by atoms with Crippen molar-refractivity contribution in [2.24, 2.45) is 0 Å². The molecule has 136 valence electrons. The Bertz CT molecular complexity index is 1010. The van der Waals surface area contributed by atoms with Gasteiger partial charge in [0.25, 0.3) is 0 Å². The third kappa shape index (κ3) is 4.12. The molecule has 6 nitrogen and oxygen atoms in total. The summed E-state index contributed by atoms with van der Waals surface area (Å²) in [5, 5.41) is 14.1. The zero-order valence-corrected chi connectivity index (χ0v) is 16.2. The maximum absolute atomic E-state index is 12.4. The van der Waals surface area contributed by atoms with Crippen LogP contribution in [0.5, 0.6) is 0 Å². The molecule has 3 aromatic heterocycles. The van der Waals surface area contributed by atoms with Crippen LogP contribution in [0.1, 0.15) is 24.2 Å². The number of amides is 1. The van der Waals surface area contributed by atoms with Crippen LogP contribution in [-0.4, -0.2) is 25.7 Å². The predicted molar refractivity (Wildman–Crippen MR) is 107 cm³/mol. The lowest BCUT2D eigenvalue weighted by atomic mass is 10.1. The minimum atomic E-state index is -0.0859. The molecule has 0 aliphatic heterocycles. The van der Waals surface area contributed by atoms with E-state index in [4.69, 9.17) is 0 Å². The number of aromatic nitrogens is 4. The molecule has 0 fully saturated rings. The monoisotopic (exact) mass is 395 g/mol. The van der Waals surface area contributed by atoms with Crippen LogP contribution in [0.3, 0.4) is 0 Å². The summed E-state index contributed by atoms with van der Waals surface area (Å²) in [7, 11) is 0. The van der Waals surface area contributed by atoms with Crippen LogP contribution in [0.4, 0.5) is 0 Å². The van der Waals surface area contributed by atoms with Crippen molar-refractivity contribution in [3.63, 3.8) is 0 Å². The molecule has 27 heavy (non-hydrogen) atoms. The van der Waals surface area contributed by atoms with E-state index in [2.05, 4.69) is 25.8 Å². The van der Waals surface area contributed by atoms with E-state index in [1.54, 1.807) is 33.7 Å². The van der Waals surface area contributed by atoms with Gasteiger partial charge in [-0.15, -0.1) is 11.3 Å². The Hall–Kier alpha value is -2.84. The Morgan fingerprint density at radius 1 is 1.22 bits per heavy atom. The molecule has 1 aromatic carbocycles. The van der Waals surface area contributed by atoms with E-state index in [0.29, 0.717) is 0 Å². The van der Waals surface area contributed by atoms with Gasteiger partial charge in [-0.25, -0.2) is 14.6 Å². The Morgan fingerprint density at radius 3 is 2.78 bits per heavy atom. The van der Waals surface area contributed by atoms with Gasteiger partial charge < -0.3 is 5.32 Å². The lowest BCUT2D eigenvalue weighted by Crippen LogP contribution is -2.28. The summed E-state index contributed by atoms with van der Waals surface area (Å²) in [6, 6.07) is 9.84. The molecule has 0 bridgehead atoms. The van der Waals surface area contributed by atoms with Crippen molar-refractivity contribution in [1.29, 1.82) is 0 Å². The molecular formula is C19H17N5OS2. The highest BCUT2D eigenvalue weighted by molar-refractivity contribution is 7.14. The Morgan fingerprint density at radius 2 is 2.07 bits per heavy atom. The van der Waals surface area contributed by atoms with Gasteiger partial charge in [0.2, 0.25) is 5.91 Å². The minimum absolute atomic E-state index is 0.0370. The lowest BCUT2D eigenvalue weighted by molar-refractivity contribution is -0.121. The van der Waals surface area contributed by atoms with Crippen molar-refractivity contribution in [3.8, 4) is 16.3 Å². The van der Waals surface area contributed by atoms with Crippen molar-refractivity contribution >= 4 is 28.6 Å². The summed E-state index contributed by atoms with van der Waals surface area (Å²) in [5.41, 5.74) is 3.87. The standard InChI is InChI=1S/C19H17N5OS2/c1-13(14-2-4-17(5-3-14)24-12-20-11-21-24)22-18(25)8-16-10-27-19(23-16)15-6-7-26-9-15/h2-7,9-13H,8H2,1H3,(H,22,25)/t13-/m1/s1. The van der Waals surface area contributed by atoms with E-state index in [-0.39, 0.29) is 18.4 Å². The molecule has 0 saturated heterocycles. The number of rotatable bonds is 6. The number of carbonyl (C=O) groups excluding carboxylic acids is 1. The minimum Gasteiger partial charge on any atom is -0.349 e. The largest absolute Gasteiger partial charge is 0.349 e. The summed E-state index contributed by atoms with van der Waals surface area (Å²) in [5.74, 6) is -0.0370. The van der Waals surface area contributed by atoms with Crippen molar-refractivity contribution in [2.45, 2.75) is 19.4 Å². The zero-order chi connectivity index (χ0) is 18.6. The number of nitrogens with zero attached hydrogens (tertiary/aromatic N) is 4. The highest BCUT2D eigenvalue weighted by Crippen LogP contribution is 2.26. The summed E-state index contributed by atoms with van der Waals surface area (Å²) in [6.07, 6.45) is 3.43. The highest BCUT2D eigenvalue weighted by Gasteiger charge is 2.13. The van der Waals surface area contributed by atoms with Crippen molar-refractivity contribution in [1.82, 2.24) is 25.1 Å². The van der Waals surface area contributed by atoms with Gasteiger partial charge in [-0.2, -0.15) is 16.4 Å². The number of carbonyl (C=O) groups is 1. The molecule has 0 spiro atoms. The quantitative estimate of drug-likeness (QED) is 0.538. The topological polar surface area (TPSA) is 72.7 Å². The third-order valence-electron chi connectivity index (χ3n) is 4.12. The van der Waals surface area contributed by atoms with Gasteiger partial charge in [0, 0.05) is 16.3 Å². The predicted octanol–water partition coefficient (Wildman–Crippen LogP) is 3.87. The molecule has 1 amide bonds. The van der Waals surface area contributed by atoms with Gasteiger partial charge in [0.15, 0.2) is 0 Å². The first-order valence-corrected chi connectivity index (χ1v) is 10.2. The maximum Gasteiger partial charge on any atom is 0.226 e. The van der Waals surface area contributed by atoms with Crippen LogP contribution in [0, 0.1) is 0 Å². The summed E-state index contributed by atoms with van der Waals surface area (Å²) in [6.45, 7) is 1.97. The van der Waals surface area contributed by atoms with Crippen molar-refractivity contribution < 1.29 is 4.79 Å². The fraction of sp³-hybridized carbons (Fsp3) is 0.158. The van der Waals surface area contributed by atoms with Gasteiger partial charge in [-0.05, 0) is 36.1 Å². The van der Waals surface area contributed by atoms with E-state index >= 15 is 0 Å². The van der Waals surface area contributed by atoms with Gasteiger partial charge in [-0.3, -0.25) is 4.79 Å². The molecule has 0 saturated carbocycles. The number of hydrogen-bond donors (Lipinski definition) is 1. The molecule has 3 heterocycles. The molecule has 0 unspecified atom stereocenters. The highest BCUT2D eigenvalue weighted by atomic mass is 32.1. The molecule has 1 atom stereocenters. The first-order chi connectivity index (χ1) is 13.2. The molecule has 0 aliphatic carbocycles. The van der Waals surface area contributed by atoms with Crippen LogP contribution >= 0.6 is 22.7 Å². The van der Waals surface area contributed by atoms with Crippen LogP contribution in [0.25, 0.3) is 16.3 Å². The average molecular weight is 396 g/mol. The van der Waals surface area contributed by atoms with Crippen LogP contribution in [0.15, 0.2) is 59.1 Å². The van der Waals surface area contributed by atoms with E-state index in [1.807, 2.05) is 48.0 Å². The molecule has 8 heteroatoms. The SMILES string of the molecule is C[C@@H](NC(=O)Cc1csc(-c2ccsc2)n1)c1ccc(-n2cncn2)cc1. The first kappa shape index (κ1) is 17.6. The fourth-order valence-electron chi connectivity index (χ4n) is 2.70. The van der Waals surface area contributed by atoms with E-state index < -0.39 is 0 Å². The molecule has 4 aromatic rings. The van der Waals surface area contributed by atoms with Crippen LogP contribution < -0.4 is 5.32 Å². The van der Waals surface area contributed by atoms with Crippen LogP contribution in [0.2, 0.25) is 0 Å². The third-order valence-corrected chi connectivity index (χ3v) is 5.74. The number of benzene rings is 1. The van der Waals surface area contributed by atoms with Crippen LogP contribution in [-0.2, 0) is 11.2 Å². The smallest absolute Gasteiger partial charge is 0.226 e. The maximum atomic E-state index is 12.4. The second kappa shape index (κ2) is 7.81. The zero-order valence-electron chi connectivity index (χ0n) is 14.6. The van der Waals surface area contributed by atoms with Crippen molar-refractivity contribution in [3.05, 3.63) is 70.4 Å². The van der Waals surface area contributed by atoms with Crippen molar-refractivity contribution in [2.75, 3.05) is 0 Å². The Labute approximate surface area is 164 Å². The van der Waals surface area contributed by atoms with E-state index in [9.17, 15) is 4.79 Å². The number of hydrogen-bond acceptors (Lipinski definition) is 6. The second-order valence-electron chi connectivity index (χ2n) is 6.05. The second-order valence-corrected chi connectivity index (χ2v) is 7.69. The van der Waals surface area contributed by atoms with Gasteiger partial charge >= 0.3 is 0 Å². The van der Waals surface area contributed by atoms with Gasteiger partial charge in [-0.1, -0.05) is 12.1 Å². The Balaban J connectivity index is 1.36.